The van der Waals surface area contributed by atoms with Crippen LogP contribution >= 0.6 is 12.4 Å². The van der Waals surface area contributed by atoms with Gasteiger partial charge in [0.25, 0.3) is 0 Å². The van der Waals surface area contributed by atoms with E-state index in [2.05, 4.69) is 74.1 Å². The molecule has 0 spiro atoms. The largest absolute Gasteiger partial charge is 0.368 e. The summed E-state index contributed by atoms with van der Waals surface area (Å²) >= 11 is 0. The summed E-state index contributed by atoms with van der Waals surface area (Å²) in [6, 6.07) is 17.1. The molecule has 5 nitrogen and oxygen atoms in total. The summed E-state index contributed by atoms with van der Waals surface area (Å²) in [5, 5.41) is 1.16. The number of nitrogens with one attached hydrogen (secondary N) is 1. The van der Waals surface area contributed by atoms with Crippen LogP contribution in [0.25, 0.3) is 21.9 Å². The molecule has 27 heavy (non-hydrogen) atoms. The van der Waals surface area contributed by atoms with Crippen LogP contribution in [0.1, 0.15) is 5.56 Å². The lowest BCUT2D eigenvalue weighted by Gasteiger charge is -2.36. The Morgan fingerprint density at radius 3 is 2.33 bits per heavy atom. The van der Waals surface area contributed by atoms with E-state index in [0.717, 1.165) is 53.9 Å². The van der Waals surface area contributed by atoms with Crippen LogP contribution in [0.5, 0.6) is 0 Å². The molecule has 1 N–H and O–H groups in total. The summed E-state index contributed by atoms with van der Waals surface area (Å²) in [6.07, 6.45) is 1.68. The summed E-state index contributed by atoms with van der Waals surface area (Å²) in [6.45, 7) is 6.02. The van der Waals surface area contributed by atoms with Crippen molar-refractivity contribution in [2.45, 2.75) is 6.92 Å². The van der Waals surface area contributed by atoms with Crippen molar-refractivity contribution in [2.75, 3.05) is 36.0 Å². The Hall–Kier alpha value is -2.79. The van der Waals surface area contributed by atoms with E-state index in [-0.39, 0.29) is 12.4 Å². The first-order valence-corrected chi connectivity index (χ1v) is 9.07. The Morgan fingerprint density at radius 1 is 0.852 bits per heavy atom. The van der Waals surface area contributed by atoms with E-state index in [1.807, 2.05) is 6.07 Å². The number of hydrogen-bond acceptors (Lipinski definition) is 4. The molecule has 3 heterocycles. The fourth-order valence-electron chi connectivity index (χ4n) is 3.80. The summed E-state index contributed by atoms with van der Waals surface area (Å²) in [5.41, 5.74) is 5.76. The standard InChI is InChI=1S/C21H21N5.ClH/c1-15-6-8-16(9-7-15)25-10-12-26(13-11-25)21-20-19(22-14-23-21)17-4-2-3-5-18(17)24-20;/h2-9,14,24H,10-13H2,1H3;1H. The highest BCUT2D eigenvalue weighted by Crippen LogP contribution is 2.29. The van der Waals surface area contributed by atoms with Crippen LogP contribution in [0.3, 0.4) is 0 Å². The molecule has 4 aromatic rings. The van der Waals surface area contributed by atoms with E-state index in [4.69, 9.17) is 0 Å². The number of aromatic nitrogens is 3. The molecule has 2 aromatic carbocycles. The lowest BCUT2D eigenvalue weighted by Crippen LogP contribution is -2.46. The van der Waals surface area contributed by atoms with Gasteiger partial charge in [-0.1, -0.05) is 35.9 Å². The van der Waals surface area contributed by atoms with E-state index in [1.165, 1.54) is 11.3 Å². The van der Waals surface area contributed by atoms with E-state index in [0.29, 0.717) is 0 Å². The summed E-state index contributed by atoms with van der Waals surface area (Å²) in [7, 11) is 0. The first-order chi connectivity index (χ1) is 12.8. The fourth-order valence-corrected chi connectivity index (χ4v) is 3.80. The molecule has 0 unspecified atom stereocenters. The monoisotopic (exact) mass is 379 g/mol. The second-order valence-electron chi connectivity index (χ2n) is 6.90. The average Bonchev–Trinajstić information content (AvgIpc) is 3.08. The van der Waals surface area contributed by atoms with Gasteiger partial charge in [0.1, 0.15) is 17.4 Å². The van der Waals surface area contributed by atoms with Gasteiger partial charge in [0, 0.05) is 42.8 Å². The van der Waals surface area contributed by atoms with Crippen LogP contribution in [0, 0.1) is 6.92 Å². The lowest BCUT2D eigenvalue weighted by molar-refractivity contribution is 0.648. The van der Waals surface area contributed by atoms with Crippen molar-refractivity contribution in [1.29, 1.82) is 0 Å². The van der Waals surface area contributed by atoms with Gasteiger partial charge in [-0.15, -0.1) is 12.4 Å². The van der Waals surface area contributed by atoms with Crippen molar-refractivity contribution in [2.24, 2.45) is 0 Å². The summed E-state index contributed by atoms with van der Waals surface area (Å²) in [5.74, 6) is 1.01. The molecular weight excluding hydrogens is 358 g/mol. The van der Waals surface area contributed by atoms with Crippen molar-refractivity contribution < 1.29 is 0 Å². The van der Waals surface area contributed by atoms with Gasteiger partial charge in [0.15, 0.2) is 5.82 Å². The first kappa shape index (κ1) is 17.6. The first-order valence-electron chi connectivity index (χ1n) is 9.07. The van der Waals surface area contributed by atoms with Crippen molar-refractivity contribution in [3.05, 3.63) is 60.4 Å². The molecule has 6 heteroatoms. The van der Waals surface area contributed by atoms with E-state index in [9.17, 15) is 0 Å². The number of para-hydroxylation sites is 1. The molecule has 1 saturated heterocycles. The smallest absolute Gasteiger partial charge is 0.156 e. The molecule has 0 bridgehead atoms. The van der Waals surface area contributed by atoms with Crippen molar-refractivity contribution >= 4 is 45.8 Å². The highest BCUT2D eigenvalue weighted by atomic mass is 35.5. The zero-order valence-electron chi connectivity index (χ0n) is 15.2. The maximum absolute atomic E-state index is 4.60. The van der Waals surface area contributed by atoms with Gasteiger partial charge in [-0.3, -0.25) is 0 Å². The number of halogens is 1. The maximum atomic E-state index is 4.60. The van der Waals surface area contributed by atoms with Gasteiger partial charge in [-0.2, -0.15) is 0 Å². The minimum Gasteiger partial charge on any atom is -0.368 e. The van der Waals surface area contributed by atoms with Crippen molar-refractivity contribution in [3.8, 4) is 0 Å². The molecular formula is C21H22ClN5. The lowest BCUT2D eigenvalue weighted by atomic mass is 10.2. The molecule has 0 aliphatic carbocycles. The Labute approximate surface area is 164 Å². The van der Waals surface area contributed by atoms with Crippen LogP contribution in [-0.4, -0.2) is 41.1 Å². The summed E-state index contributed by atoms with van der Waals surface area (Å²) < 4.78 is 0. The molecule has 1 aliphatic rings. The number of anilines is 2. The van der Waals surface area contributed by atoms with Crippen LogP contribution in [0.4, 0.5) is 11.5 Å². The number of hydrogen-bond donors (Lipinski definition) is 1. The highest BCUT2D eigenvalue weighted by Gasteiger charge is 2.21. The Balaban J connectivity index is 0.00000180. The van der Waals surface area contributed by atoms with Gasteiger partial charge < -0.3 is 14.8 Å². The minimum absolute atomic E-state index is 0. The normalized spacial score (nSPS) is 14.6. The Kier molecular flexibility index (Phi) is 4.62. The highest BCUT2D eigenvalue weighted by molar-refractivity contribution is 6.08. The van der Waals surface area contributed by atoms with Crippen molar-refractivity contribution in [1.82, 2.24) is 15.0 Å². The Morgan fingerprint density at radius 2 is 1.56 bits per heavy atom. The van der Waals surface area contributed by atoms with Gasteiger partial charge in [0.2, 0.25) is 0 Å². The van der Waals surface area contributed by atoms with E-state index in [1.54, 1.807) is 6.33 Å². The van der Waals surface area contributed by atoms with Crippen LogP contribution in [0.2, 0.25) is 0 Å². The molecule has 2 aromatic heterocycles. The quantitative estimate of drug-likeness (QED) is 0.568. The van der Waals surface area contributed by atoms with Gasteiger partial charge in [-0.05, 0) is 25.1 Å². The van der Waals surface area contributed by atoms with Gasteiger partial charge >= 0.3 is 0 Å². The molecule has 0 saturated carbocycles. The van der Waals surface area contributed by atoms with Crippen molar-refractivity contribution in [3.63, 3.8) is 0 Å². The number of H-pyrrole nitrogens is 1. The molecule has 0 amide bonds. The zero-order valence-corrected chi connectivity index (χ0v) is 16.0. The summed E-state index contributed by atoms with van der Waals surface area (Å²) in [4.78, 5) is 17.4. The second kappa shape index (κ2) is 7.08. The van der Waals surface area contributed by atoms with E-state index < -0.39 is 0 Å². The van der Waals surface area contributed by atoms with E-state index >= 15 is 0 Å². The second-order valence-corrected chi connectivity index (χ2v) is 6.90. The predicted molar refractivity (Wildman–Crippen MR) is 114 cm³/mol. The third-order valence-electron chi connectivity index (χ3n) is 5.25. The van der Waals surface area contributed by atoms with Crippen LogP contribution in [-0.2, 0) is 0 Å². The molecule has 138 valence electrons. The number of nitrogens with zero attached hydrogens (tertiary/aromatic N) is 4. The number of rotatable bonds is 2. The molecule has 1 fully saturated rings. The molecule has 1 aliphatic heterocycles. The third kappa shape index (κ3) is 3.08. The molecule has 5 rings (SSSR count). The number of benzene rings is 2. The fraction of sp³-hybridized carbons (Fsp3) is 0.238. The van der Waals surface area contributed by atoms with Crippen LogP contribution < -0.4 is 9.80 Å². The third-order valence-corrected chi connectivity index (χ3v) is 5.25. The van der Waals surface area contributed by atoms with Gasteiger partial charge in [0.05, 0.1) is 0 Å². The number of fused-ring (bicyclic) bond motifs is 3. The zero-order chi connectivity index (χ0) is 17.5. The predicted octanol–water partition coefficient (Wildman–Crippen LogP) is 4.17. The Bertz CT molecular complexity index is 1070. The topological polar surface area (TPSA) is 48.1 Å². The van der Waals surface area contributed by atoms with Gasteiger partial charge in [-0.25, -0.2) is 9.97 Å². The SMILES string of the molecule is Cc1ccc(N2CCN(c3ncnc4c3[nH]c3ccccc34)CC2)cc1.Cl. The molecule has 0 atom stereocenters. The molecule has 0 radical (unpaired) electrons. The number of aromatic amines is 1. The average molecular weight is 380 g/mol. The minimum atomic E-state index is 0. The number of aryl methyl sites for hydroxylation is 1. The number of piperazine rings is 1. The van der Waals surface area contributed by atoms with Crippen LogP contribution in [0.15, 0.2) is 54.9 Å². The maximum Gasteiger partial charge on any atom is 0.156 e.